The lowest BCUT2D eigenvalue weighted by Gasteiger charge is -2.51. The first kappa shape index (κ1) is 11.2. The second-order valence-electron chi connectivity index (χ2n) is 6.40. The van der Waals surface area contributed by atoms with Crippen molar-refractivity contribution in [1.82, 2.24) is 0 Å². The predicted molar refractivity (Wildman–Crippen MR) is 63.6 cm³/mol. The molecule has 1 nitrogen and oxygen atoms in total. The molecule has 0 aromatic rings. The minimum Gasteiger partial charge on any atom is -0.384 e. The van der Waals surface area contributed by atoms with Crippen molar-refractivity contribution in [1.29, 1.82) is 0 Å². The second-order valence-corrected chi connectivity index (χ2v) is 6.40. The Hall–Kier alpha value is -0.300. The van der Waals surface area contributed by atoms with Crippen LogP contribution in [0.4, 0.5) is 0 Å². The number of hydrogen-bond donors (Lipinski definition) is 1. The van der Waals surface area contributed by atoms with Crippen molar-refractivity contribution < 1.29 is 5.11 Å². The van der Waals surface area contributed by atoms with Crippen LogP contribution in [0.1, 0.15) is 53.9 Å². The maximum atomic E-state index is 11.2. The van der Waals surface area contributed by atoms with Crippen molar-refractivity contribution in [2.75, 3.05) is 0 Å². The van der Waals surface area contributed by atoms with Gasteiger partial charge in [0.25, 0.3) is 0 Å². The van der Waals surface area contributed by atoms with Gasteiger partial charge in [-0.05, 0) is 44.6 Å². The van der Waals surface area contributed by atoms with Crippen molar-refractivity contribution in [2.45, 2.75) is 59.5 Å². The molecule has 2 rings (SSSR count). The molecule has 86 valence electrons. The molecule has 2 aliphatic carbocycles. The van der Waals surface area contributed by atoms with Gasteiger partial charge in [-0.2, -0.15) is 0 Å². The summed E-state index contributed by atoms with van der Waals surface area (Å²) in [4.78, 5) is 0. The van der Waals surface area contributed by atoms with Gasteiger partial charge >= 0.3 is 0 Å². The first-order valence-electron chi connectivity index (χ1n) is 6.15. The van der Waals surface area contributed by atoms with Gasteiger partial charge in [0.2, 0.25) is 0 Å². The molecule has 0 amide bonds. The number of rotatable bonds is 1. The van der Waals surface area contributed by atoms with Crippen molar-refractivity contribution >= 4 is 0 Å². The van der Waals surface area contributed by atoms with E-state index in [1.807, 2.05) is 6.92 Å². The normalized spacial score (nSPS) is 48.7. The highest BCUT2D eigenvalue weighted by atomic mass is 16.3. The summed E-state index contributed by atoms with van der Waals surface area (Å²) in [5.74, 6) is 0.697. The number of allylic oxidation sites excluding steroid dienone is 1. The highest BCUT2D eigenvalue weighted by Crippen LogP contribution is 2.69. The van der Waals surface area contributed by atoms with Gasteiger partial charge in [-0.1, -0.05) is 26.8 Å². The Morgan fingerprint density at radius 2 is 1.93 bits per heavy atom. The lowest BCUT2D eigenvalue weighted by Crippen LogP contribution is -2.54. The SMILES string of the molecule is C/C=C(\C)[C@]1(O)C(C)(C)[C@H]2CC[C@]1(C)C2. The number of fused-ring (bicyclic) bond motifs is 2. The minimum absolute atomic E-state index is 0.0383. The van der Waals surface area contributed by atoms with E-state index in [4.69, 9.17) is 0 Å². The smallest absolute Gasteiger partial charge is 0.0960 e. The van der Waals surface area contributed by atoms with E-state index in [0.717, 1.165) is 5.57 Å². The van der Waals surface area contributed by atoms with Crippen LogP contribution in [-0.4, -0.2) is 10.7 Å². The lowest BCUT2D eigenvalue weighted by atomic mass is 9.57. The Morgan fingerprint density at radius 3 is 2.33 bits per heavy atom. The summed E-state index contributed by atoms with van der Waals surface area (Å²) in [5, 5.41) is 11.2. The maximum Gasteiger partial charge on any atom is 0.0960 e. The summed E-state index contributed by atoms with van der Waals surface area (Å²) in [5.41, 5.74) is 0.726. The summed E-state index contributed by atoms with van der Waals surface area (Å²) in [7, 11) is 0. The standard InChI is InChI=1S/C14H24O/c1-6-10(2)14(15)12(3,4)11-7-8-13(14,5)9-11/h6,11,15H,7-9H2,1-5H3/b10-6+/t11-,13+,14-/m0/s1. The van der Waals surface area contributed by atoms with E-state index in [1.165, 1.54) is 19.3 Å². The van der Waals surface area contributed by atoms with E-state index in [1.54, 1.807) is 0 Å². The third-order valence-corrected chi connectivity index (χ3v) is 5.57. The molecule has 3 atom stereocenters. The van der Waals surface area contributed by atoms with Crippen molar-refractivity contribution in [3.8, 4) is 0 Å². The topological polar surface area (TPSA) is 20.2 Å². The Kier molecular flexibility index (Phi) is 2.15. The molecular weight excluding hydrogens is 184 g/mol. The molecule has 0 heterocycles. The molecule has 2 bridgehead atoms. The van der Waals surface area contributed by atoms with Crippen molar-refractivity contribution in [2.24, 2.45) is 16.7 Å². The summed E-state index contributed by atoms with van der Waals surface area (Å²) in [6.45, 7) is 10.9. The van der Waals surface area contributed by atoms with Crippen LogP contribution >= 0.6 is 0 Å². The second kappa shape index (κ2) is 2.88. The maximum absolute atomic E-state index is 11.2. The van der Waals surface area contributed by atoms with Gasteiger partial charge in [0.05, 0.1) is 5.60 Å². The molecule has 0 spiro atoms. The fourth-order valence-corrected chi connectivity index (χ4v) is 4.45. The van der Waals surface area contributed by atoms with Crippen LogP contribution in [0.25, 0.3) is 0 Å². The summed E-state index contributed by atoms with van der Waals surface area (Å²) in [6.07, 6.45) is 5.76. The zero-order valence-corrected chi connectivity index (χ0v) is 10.7. The molecule has 1 N–H and O–H groups in total. The third kappa shape index (κ3) is 1.03. The number of aliphatic hydroxyl groups is 1. The van der Waals surface area contributed by atoms with E-state index in [-0.39, 0.29) is 10.8 Å². The Balaban J connectivity index is 2.55. The van der Waals surface area contributed by atoms with E-state index in [2.05, 4.69) is 33.8 Å². The average Bonchev–Trinajstić information content (AvgIpc) is 2.64. The quantitative estimate of drug-likeness (QED) is 0.654. The fourth-order valence-electron chi connectivity index (χ4n) is 4.45. The Morgan fingerprint density at radius 1 is 1.33 bits per heavy atom. The van der Waals surface area contributed by atoms with Crippen molar-refractivity contribution in [3.63, 3.8) is 0 Å². The van der Waals surface area contributed by atoms with Gasteiger partial charge < -0.3 is 5.11 Å². The van der Waals surface area contributed by atoms with Crippen LogP contribution in [0.3, 0.4) is 0 Å². The Bertz CT molecular complexity index is 309. The summed E-state index contributed by atoms with van der Waals surface area (Å²) in [6, 6.07) is 0. The molecule has 2 fully saturated rings. The molecule has 0 unspecified atom stereocenters. The zero-order valence-electron chi connectivity index (χ0n) is 10.7. The van der Waals surface area contributed by atoms with Gasteiger partial charge in [0, 0.05) is 10.8 Å². The molecule has 15 heavy (non-hydrogen) atoms. The van der Waals surface area contributed by atoms with E-state index >= 15 is 0 Å². The highest BCUT2D eigenvalue weighted by molar-refractivity contribution is 5.31. The Labute approximate surface area is 93.6 Å². The monoisotopic (exact) mass is 208 g/mol. The van der Waals surface area contributed by atoms with Crippen LogP contribution in [0, 0.1) is 16.7 Å². The highest BCUT2D eigenvalue weighted by Gasteiger charge is 2.68. The van der Waals surface area contributed by atoms with Crippen LogP contribution in [-0.2, 0) is 0 Å². The molecule has 2 aliphatic rings. The zero-order chi connectivity index (χ0) is 11.5. The fraction of sp³-hybridized carbons (Fsp3) is 0.857. The predicted octanol–water partition coefficient (Wildman–Crippen LogP) is 3.53. The molecule has 0 aliphatic heterocycles. The van der Waals surface area contributed by atoms with Crippen LogP contribution in [0.15, 0.2) is 11.6 Å². The summed E-state index contributed by atoms with van der Waals surface area (Å²) >= 11 is 0. The van der Waals surface area contributed by atoms with Crippen LogP contribution < -0.4 is 0 Å². The average molecular weight is 208 g/mol. The summed E-state index contributed by atoms with van der Waals surface area (Å²) < 4.78 is 0. The first-order chi connectivity index (χ1) is 6.79. The van der Waals surface area contributed by atoms with Gasteiger partial charge in [0.15, 0.2) is 0 Å². The molecule has 0 saturated heterocycles. The number of hydrogen-bond acceptors (Lipinski definition) is 1. The molecular formula is C14H24O. The van der Waals surface area contributed by atoms with E-state index in [9.17, 15) is 5.11 Å². The molecule has 0 radical (unpaired) electrons. The molecule has 0 aromatic carbocycles. The lowest BCUT2D eigenvalue weighted by molar-refractivity contribution is -0.113. The minimum atomic E-state index is -0.586. The van der Waals surface area contributed by atoms with Crippen molar-refractivity contribution in [3.05, 3.63) is 11.6 Å². The van der Waals surface area contributed by atoms with Crippen LogP contribution in [0.5, 0.6) is 0 Å². The molecule has 1 heteroatoms. The van der Waals surface area contributed by atoms with E-state index < -0.39 is 5.60 Å². The van der Waals surface area contributed by atoms with E-state index in [0.29, 0.717) is 5.92 Å². The van der Waals surface area contributed by atoms with Gasteiger partial charge in [-0.25, -0.2) is 0 Å². The first-order valence-corrected chi connectivity index (χ1v) is 6.15. The van der Waals surface area contributed by atoms with Gasteiger partial charge in [-0.15, -0.1) is 0 Å². The third-order valence-electron chi connectivity index (χ3n) is 5.57. The van der Waals surface area contributed by atoms with Gasteiger partial charge in [0.1, 0.15) is 0 Å². The van der Waals surface area contributed by atoms with Crippen LogP contribution in [0.2, 0.25) is 0 Å². The van der Waals surface area contributed by atoms with Gasteiger partial charge in [-0.3, -0.25) is 0 Å². The molecule has 2 saturated carbocycles. The largest absolute Gasteiger partial charge is 0.384 e. The molecule has 0 aromatic heterocycles.